The first-order valence-electron chi connectivity index (χ1n) is 8.08. The molecule has 23 heavy (non-hydrogen) atoms. The average Bonchev–Trinajstić information content (AvgIpc) is 2.84. The van der Waals surface area contributed by atoms with Crippen LogP contribution in [0.25, 0.3) is 10.4 Å². The Bertz CT molecular complexity index is 510. The lowest BCUT2D eigenvalue weighted by Crippen LogP contribution is -2.51. The van der Waals surface area contributed by atoms with E-state index in [2.05, 4.69) is 10.0 Å². The number of amides is 2. The highest BCUT2D eigenvalue weighted by atomic mass is 16.6. The van der Waals surface area contributed by atoms with Gasteiger partial charge >= 0.3 is 6.09 Å². The van der Waals surface area contributed by atoms with Gasteiger partial charge in [-0.2, -0.15) is 0 Å². The molecule has 2 aliphatic rings. The molecule has 128 valence electrons. The summed E-state index contributed by atoms with van der Waals surface area (Å²) in [6.45, 7) is 7.65. The maximum atomic E-state index is 12.2. The SMILES string of the molecule is CC(C)(C)OC(=O)N1CCC[C@@H](N2CC(CN=[N+]=[N-])CC2=O)C1. The van der Waals surface area contributed by atoms with Crippen LogP contribution < -0.4 is 0 Å². The van der Waals surface area contributed by atoms with Crippen LogP contribution in [-0.4, -0.2) is 59.6 Å². The summed E-state index contributed by atoms with van der Waals surface area (Å²) < 4.78 is 5.42. The van der Waals surface area contributed by atoms with Crippen LogP contribution in [0.15, 0.2) is 5.11 Å². The summed E-state index contributed by atoms with van der Waals surface area (Å²) in [5.41, 5.74) is 7.88. The Labute approximate surface area is 136 Å². The van der Waals surface area contributed by atoms with Crippen molar-refractivity contribution in [2.75, 3.05) is 26.2 Å². The molecule has 0 saturated carbocycles. The minimum atomic E-state index is -0.520. The Morgan fingerprint density at radius 3 is 2.83 bits per heavy atom. The fourth-order valence-corrected chi connectivity index (χ4v) is 3.14. The quantitative estimate of drug-likeness (QED) is 0.453. The molecule has 2 heterocycles. The minimum absolute atomic E-state index is 0.0276. The number of hydrogen-bond donors (Lipinski definition) is 0. The van der Waals surface area contributed by atoms with Crippen molar-refractivity contribution in [1.82, 2.24) is 9.80 Å². The molecule has 0 aliphatic carbocycles. The highest BCUT2D eigenvalue weighted by molar-refractivity contribution is 5.79. The smallest absolute Gasteiger partial charge is 0.410 e. The zero-order valence-electron chi connectivity index (χ0n) is 14.1. The van der Waals surface area contributed by atoms with E-state index in [1.165, 1.54) is 0 Å². The van der Waals surface area contributed by atoms with Crippen molar-refractivity contribution in [3.05, 3.63) is 10.4 Å². The van der Waals surface area contributed by atoms with Gasteiger partial charge in [-0.3, -0.25) is 4.79 Å². The largest absolute Gasteiger partial charge is 0.444 e. The summed E-state index contributed by atoms with van der Waals surface area (Å²) >= 11 is 0. The van der Waals surface area contributed by atoms with Crippen molar-refractivity contribution < 1.29 is 14.3 Å². The van der Waals surface area contributed by atoms with E-state index in [0.29, 0.717) is 32.6 Å². The van der Waals surface area contributed by atoms with Crippen molar-refractivity contribution in [2.24, 2.45) is 11.0 Å². The van der Waals surface area contributed by atoms with Crippen molar-refractivity contribution >= 4 is 12.0 Å². The molecule has 2 aliphatic heterocycles. The molecule has 8 heteroatoms. The lowest BCUT2D eigenvalue weighted by Gasteiger charge is -2.38. The summed E-state index contributed by atoms with van der Waals surface area (Å²) in [6.07, 6.45) is 1.84. The summed E-state index contributed by atoms with van der Waals surface area (Å²) in [7, 11) is 0. The molecule has 0 aromatic carbocycles. The molecule has 0 aromatic rings. The fraction of sp³-hybridized carbons (Fsp3) is 0.867. The molecule has 0 bridgehead atoms. The van der Waals surface area contributed by atoms with Crippen LogP contribution in [0.3, 0.4) is 0 Å². The lowest BCUT2D eigenvalue weighted by atomic mass is 10.0. The molecule has 2 saturated heterocycles. The molecule has 0 aromatic heterocycles. The van der Waals surface area contributed by atoms with E-state index in [4.69, 9.17) is 10.3 Å². The van der Waals surface area contributed by atoms with Crippen molar-refractivity contribution in [3.63, 3.8) is 0 Å². The third-order valence-electron chi connectivity index (χ3n) is 4.13. The summed E-state index contributed by atoms with van der Waals surface area (Å²) in [5, 5.41) is 3.57. The molecule has 2 amide bonds. The number of carbonyl (C=O) groups excluding carboxylic acids is 2. The van der Waals surface area contributed by atoms with Gasteiger partial charge in [0.2, 0.25) is 5.91 Å². The van der Waals surface area contributed by atoms with Gasteiger partial charge in [-0.05, 0) is 45.1 Å². The number of carbonyl (C=O) groups is 2. The first kappa shape index (κ1) is 17.4. The van der Waals surface area contributed by atoms with E-state index >= 15 is 0 Å². The molecule has 0 radical (unpaired) electrons. The Hall–Kier alpha value is -1.95. The number of rotatable bonds is 3. The van der Waals surface area contributed by atoms with Crippen LogP contribution >= 0.6 is 0 Å². The number of nitrogens with zero attached hydrogens (tertiary/aromatic N) is 5. The van der Waals surface area contributed by atoms with Crippen molar-refractivity contribution in [2.45, 2.75) is 51.7 Å². The Morgan fingerprint density at radius 2 is 2.17 bits per heavy atom. The van der Waals surface area contributed by atoms with Crippen molar-refractivity contribution in [3.8, 4) is 0 Å². The zero-order valence-corrected chi connectivity index (χ0v) is 14.1. The van der Waals surface area contributed by atoms with Gasteiger partial charge in [-0.1, -0.05) is 5.11 Å². The third kappa shape index (κ3) is 4.76. The molecular formula is C15H25N5O3. The molecule has 0 spiro atoms. The van der Waals surface area contributed by atoms with Gasteiger partial charge in [0.25, 0.3) is 0 Å². The van der Waals surface area contributed by atoms with Crippen molar-refractivity contribution in [1.29, 1.82) is 0 Å². The molecule has 2 rings (SSSR count). The zero-order chi connectivity index (χ0) is 17.0. The van der Waals surface area contributed by atoms with Gasteiger partial charge in [0.15, 0.2) is 0 Å². The number of ether oxygens (including phenoxy) is 1. The van der Waals surface area contributed by atoms with Gasteiger partial charge in [0, 0.05) is 43.6 Å². The molecule has 1 unspecified atom stereocenters. The maximum absolute atomic E-state index is 12.2. The van der Waals surface area contributed by atoms with Crippen LogP contribution in [0, 0.1) is 5.92 Å². The van der Waals surface area contributed by atoms with E-state index in [9.17, 15) is 9.59 Å². The van der Waals surface area contributed by atoms with E-state index in [-0.39, 0.29) is 24.0 Å². The minimum Gasteiger partial charge on any atom is -0.444 e. The molecule has 2 atom stereocenters. The first-order chi connectivity index (χ1) is 10.8. The molecular weight excluding hydrogens is 298 g/mol. The third-order valence-corrected chi connectivity index (χ3v) is 4.13. The van der Waals surface area contributed by atoms with Crippen LogP contribution in [0.5, 0.6) is 0 Å². The topological polar surface area (TPSA) is 98.6 Å². The number of hydrogen-bond acceptors (Lipinski definition) is 4. The first-order valence-corrected chi connectivity index (χ1v) is 8.08. The maximum Gasteiger partial charge on any atom is 0.410 e. The number of likely N-dealkylation sites (tertiary alicyclic amines) is 2. The van der Waals surface area contributed by atoms with E-state index in [1.807, 2.05) is 25.7 Å². The van der Waals surface area contributed by atoms with Gasteiger partial charge < -0.3 is 14.5 Å². The fourth-order valence-electron chi connectivity index (χ4n) is 3.14. The summed E-state index contributed by atoms with van der Waals surface area (Å²) in [6, 6.07) is 0.0276. The summed E-state index contributed by atoms with van der Waals surface area (Å²) in [5.74, 6) is 0.162. The number of piperidine rings is 1. The highest BCUT2D eigenvalue weighted by Crippen LogP contribution is 2.26. The van der Waals surface area contributed by atoms with Crippen LogP contribution in [0.4, 0.5) is 4.79 Å². The Balaban J connectivity index is 1.94. The highest BCUT2D eigenvalue weighted by Gasteiger charge is 2.37. The predicted molar refractivity (Wildman–Crippen MR) is 84.7 cm³/mol. The Kier molecular flexibility index (Phi) is 5.36. The second-order valence-electron chi connectivity index (χ2n) is 7.25. The predicted octanol–water partition coefficient (Wildman–Crippen LogP) is 2.54. The van der Waals surface area contributed by atoms with E-state index < -0.39 is 5.60 Å². The van der Waals surface area contributed by atoms with Crippen LogP contribution in [0.2, 0.25) is 0 Å². The van der Waals surface area contributed by atoms with Gasteiger partial charge in [0.1, 0.15) is 5.60 Å². The van der Waals surface area contributed by atoms with Gasteiger partial charge in [0.05, 0.1) is 0 Å². The lowest BCUT2D eigenvalue weighted by molar-refractivity contribution is -0.130. The monoisotopic (exact) mass is 323 g/mol. The number of azide groups is 1. The van der Waals surface area contributed by atoms with E-state index in [0.717, 1.165) is 12.8 Å². The molecule has 8 nitrogen and oxygen atoms in total. The van der Waals surface area contributed by atoms with E-state index in [1.54, 1.807) is 4.90 Å². The summed E-state index contributed by atoms with van der Waals surface area (Å²) in [4.78, 5) is 30.7. The average molecular weight is 323 g/mol. The normalized spacial score (nSPS) is 25.3. The van der Waals surface area contributed by atoms with Gasteiger partial charge in [-0.15, -0.1) is 0 Å². The second-order valence-corrected chi connectivity index (χ2v) is 7.25. The Morgan fingerprint density at radius 1 is 1.43 bits per heavy atom. The van der Waals surface area contributed by atoms with Gasteiger partial charge in [-0.25, -0.2) is 4.79 Å². The van der Waals surface area contributed by atoms with Crippen LogP contribution in [-0.2, 0) is 9.53 Å². The second kappa shape index (κ2) is 7.08. The molecule has 2 fully saturated rings. The van der Waals surface area contributed by atoms with Crippen LogP contribution in [0.1, 0.15) is 40.0 Å². The standard InChI is InChI=1S/C15H25N5O3/c1-15(2,3)23-14(22)19-6-4-5-12(10-19)20-9-11(7-13(20)21)8-17-18-16/h11-12H,4-10H2,1-3H3/t11?,12-/m1/s1. The molecule has 0 N–H and O–H groups in total.